The van der Waals surface area contributed by atoms with Crippen LogP contribution in [0.1, 0.15) is 6.42 Å². The quantitative estimate of drug-likeness (QED) is 0.852. The molecule has 7 heteroatoms. The molecule has 1 atom stereocenters. The van der Waals surface area contributed by atoms with Crippen LogP contribution in [0, 0.1) is 5.82 Å². The lowest BCUT2D eigenvalue weighted by Gasteiger charge is -2.20. The fourth-order valence-corrected chi connectivity index (χ4v) is 2.21. The maximum absolute atomic E-state index is 12.9. The summed E-state index contributed by atoms with van der Waals surface area (Å²) < 4.78 is 12.9. The number of halogens is 1. The van der Waals surface area contributed by atoms with Crippen molar-refractivity contribution in [2.75, 3.05) is 31.6 Å². The van der Waals surface area contributed by atoms with Crippen molar-refractivity contribution < 1.29 is 19.1 Å². The molecule has 6 nitrogen and oxygen atoms in total. The molecule has 0 aliphatic carbocycles. The highest BCUT2D eigenvalue weighted by molar-refractivity contribution is 5.96. The highest BCUT2D eigenvalue weighted by Gasteiger charge is 2.32. The number of amides is 3. The Kier molecular flexibility index (Phi) is 4.74. The van der Waals surface area contributed by atoms with Crippen LogP contribution >= 0.6 is 0 Å². The summed E-state index contributed by atoms with van der Waals surface area (Å²) in [5.74, 6) is -0.474. The summed E-state index contributed by atoms with van der Waals surface area (Å²) >= 11 is 0. The molecule has 1 heterocycles. The SMILES string of the molecule is CN(CCO)C(=O)NC1CC(=O)N(c2ccc(F)cc2)C1. The first-order chi connectivity index (χ1) is 10.0. The first-order valence-electron chi connectivity index (χ1n) is 6.69. The van der Waals surface area contributed by atoms with Crippen LogP contribution in [0.3, 0.4) is 0 Å². The molecule has 0 radical (unpaired) electrons. The molecule has 21 heavy (non-hydrogen) atoms. The fraction of sp³-hybridized carbons (Fsp3) is 0.429. The van der Waals surface area contributed by atoms with Crippen LogP contribution in [0.15, 0.2) is 24.3 Å². The molecular formula is C14H18FN3O3. The molecule has 2 N–H and O–H groups in total. The molecule has 1 aromatic carbocycles. The molecule has 1 unspecified atom stereocenters. The minimum atomic E-state index is -0.360. The van der Waals surface area contributed by atoms with Gasteiger partial charge in [-0.3, -0.25) is 4.79 Å². The molecule has 1 aliphatic heterocycles. The number of hydrogen-bond donors (Lipinski definition) is 2. The number of aliphatic hydroxyl groups excluding tert-OH is 1. The van der Waals surface area contributed by atoms with Gasteiger partial charge in [-0.2, -0.15) is 0 Å². The number of nitrogens with one attached hydrogen (secondary N) is 1. The molecule has 0 aromatic heterocycles. The average Bonchev–Trinajstić information content (AvgIpc) is 2.80. The predicted octanol–water partition coefficient (Wildman–Crippen LogP) is 0.565. The van der Waals surface area contributed by atoms with Crippen LogP contribution in [0.4, 0.5) is 14.9 Å². The summed E-state index contributed by atoms with van der Waals surface area (Å²) in [4.78, 5) is 26.7. The van der Waals surface area contributed by atoms with E-state index in [-0.39, 0.29) is 43.4 Å². The van der Waals surface area contributed by atoms with Crippen molar-refractivity contribution in [1.29, 1.82) is 0 Å². The second kappa shape index (κ2) is 6.53. The van der Waals surface area contributed by atoms with Crippen molar-refractivity contribution in [1.82, 2.24) is 10.2 Å². The molecule has 1 aliphatic rings. The summed E-state index contributed by atoms with van der Waals surface area (Å²) in [6, 6.07) is 5.04. The summed E-state index contributed by atoms with van der Waals surface area (Å²) in [7, 11) is 1.57. The van der Waals surface area contributed by atoms with Gasteiger partial charge in [0.2, 0.25) is 5.91 Å². The van der Waals surface area contributed by atoms with Gasteiger partial charge in [-0.25, -0.2) is 9.18 Å². The molecule has 0 spiro atoms. The third-order valence-corrected chi connectivity index (χ3v) is 3.37. The molecule has 2 rings (SSSR count). The van der Waals surface area contributed by atoms with Gasteiger partial charge in [0.25, 0.3) is 0 Å². The van der Waals surface area contributed by atoms with Crippen molar-refractivity contribution in [3.8, 4) is 0 Å². The Morgan fingerprint density at radius 3 is 2.76 bits per heavy atom. The van der Waals surface area contributed by atoms with Gasteiger partial charge < -0.3 is 20.2 Å². The van der Waals surface area contributed by atoms with Crippen LogP contribution in [0.2, 0.25) is 0 Å². The minimum Gasteiger partial charge on any atom is -0.395 e. The van der Waals surface area contributed by atoms with Crippen LogP contribution in [0.25, 0.3) is 0 Å². The zero-order valence-corrected chi connectivity index (χ0v) is 11.8. The van der Waals surface area contributed by atoms with Gasteiger partial charge in [-0.1, -0.05) is 0 Å². The number of urea groups is 1. The fourth-order valence-electron chi connectivity index (χ4n) is 2.21. The Hall–Kier alpha value is -2.15. The zero-order chi connectivity index (χ0) is 15.4. The summed E-state index contributed by atoms with van der Waals surface area (Å²) in [5, 5.41) is 11.5. The predicted molar refractivity (Wildman–Crippen MR) is 75.4 cm³/mol. The number of hydrogen-bond acceptors (Lipinski definition) is 3. The van der Waals surface area contributed by atoms with Gasteiger partial charge in [0.1, 0.15) is 5.82 Å². The smallest absolute Gasteiger partial charge is 0.317 e. The van der Waals surface area contributed by atoms with E-state index >= 15 is 0 Å². The zero-order valence-electron chi connectivity index (χ0n) is 11.8. The topological polar surface area (TPSA) is 72.9 Å². The lowest BCUT2D eigenvalue weighted by atomic mass is 10.2. The normalized spacial score (nSPS) is 18.0. The Balaban J connectivity index is 1.96. The molecule has 3 amide bonds. The van der Waals surface area contributed by atoms with Crippen LogP contribution in [-0.2, 0) is 4.79 Å². The Morgan fingerprint density at radius 1 is 1.48 bits per heavy atom. The lowest BCUT2D eigenvalue weighted by Crippen LogP contribution is -2.45. The van der Waals surface area contributed by atoms with Crippen LogP contribution in [0.5, 0.6) is 0 Å². The van der Waals surface area contributed by atoms with Gasteiger partial charge in [0.05, 0.1) is 12.6 Å². The van der Waals surface area contributed by atoms with Gasteiger partial charge in [0.15, 0.2) is 0 Å². The third kappa shape index (κ3) is 3.69. The number of carbonyl (C=O) groups is 2. The monoisotopic (exact) mass is 295 g/mol. The first-order valence-corrected chi connectivity index (χ1v) is 6.69. The van der Waals surface area contributed by atoms with Crippen molar-refractivity contribution in [2.24, 2.45) is 0 Å². The number of benzene rings is 1. The molecule has 114 valence electrons. The molecule has 1 fully saturated rings. The van der Waals surface area contributed by atoms with Gasteiger partial charge in [0, 0.05) is 32.2 Å². The van der Waals surface area contributed by atoms with Crippen LogP contribution < -0.4 is 10.2 Å². The number of rotatable bonds is 4. The maximum Gasteiger partial charge on any atom is 0.317 e. The number of aliphatic hydroxyl groups is 1. The van der Waals surface area contributed by atoms with E-state index < -0.39 is 0 Å². The van der Waals surface area contributed by atoms with Gasteiger partial charge >= 0.3 is 6.03 Å². The van der Waals surface area contributed by atoms with E-state index in [1.807, 2.05) is 0 Å². The largest absolute Gasteiger partial charge is 0.395 e. The van der Waals surface area contributed by atoms with E-state index in [4.69, 9.17) is 5.11 Å². The standard InChI is InChI=1S/C14H18FN3O3/c1-17(6-7-19)14(21)16-11-8-13(20)18(9-11)12-4-2-10(15)3-5-12/h2-5,11,19H,6-9H2,1H3,(H,16,21). The Morgan fingerprint density at radius 2 is 2.14 bits per heavy atom. The van der Waals surface area contributed by atoms with Gasteiger partial charge in [-0.15, -0.1) is 0 Å². The number of anilines is 1. The summed E-state index contributed by atoms with van der Waals surface area (Å²) in [6.45, 7) is 0.465. The Labute approximate surface area is 122 Å². The maximum atomic E-state index is 12.9. The van der Waals surface area contributed by atoms with E-state index in [1.54, 1.807) is 7.05 Å². The Bertz CT molecular complexity index is 521. The van der Waals surface area contributed by atoms with Gasteiger partial charge in [-0.05, 0) is 24.3 Å². The van der Waals surface area contributed by atoms with E-state index in [0.717, 1.165) is 0 Å². The first kappa shape index (κ1) is 15.2. The number of nitrogens with zero attached hydrogens (tertiary/aromatic N) is 2. The highest BCUT2D eigenvalue weighted by Crippen LogP contribution is 2.21. The molecule has 1 aromatic rings. The van der Waals surface area contributed by atoms with E-state index in [2.05, 4.69) is 5.32 Å². The second-order valence-electron chi connectivity index (χ2n) is 4.98. The molecule has 0 saturated carbocycles. The van der Waals surface area contributed by atoms with Crippen molar-refractivity contribution in [2.45, 2.75) is 12.5 Å². The van der Waals surface area contributed by atoms with E-state index in [9.17, 15) is 14.0 Å². The molecule has 0 bridgehead atoms. The lowest BCUT2D eigenvalue weighted by molar-refractivity contribution is -0.117. The van der Waals surface area contributed by atoms with E-state index in [0.29, 0.717) is 12.2 Å². The number of carbonyl (C=O) groups excluding carboxylic acids is 2. The minimum absolute atomic E-state index is 0.114. The summed E-state index contributed by atoms with van der Waals surface area (Å²) in [6.07, 6.45) is 0.204. The van der Waals surface area contributed by atoms with Crippen molar-refractivity contribution in [3.63, 3.8) is 0 Å². The van der Waals surface area contributed by atoms with E-state index in [1.165, 1.54) is 34.1 Å². The second-order valence-corrected chi connectivity index (χ2v) is 4.98. The van der Waals surface area contributed by atoms with Crippen LogP contribution in [-0.4, -0.2) is 54.7 Å². The average molecular weight is 295 g/mol. The summed E-state index contributed by atoms with van der Waals surface area (Å²) in [5.41, 5.74) is 0.613. The molecular weight excluding hydrogens is 277 g/mol. The third-order valence-electron chi connectivity index (χ3n) is 3.37. The van der Waals surface area contributed by atoms with Crippen molar-refractivity contribution in [3.05, 3.63) is 30.1 Å². The highest BCUT2D eigenvalue weighted by atomic mass is 19.1. The van der Waals surface area contributed by atoms with Crippen molar-refractivity contribution >= 4 is 17.6 Å². The number of likely N-dealkylation sites (N-methyl/N-ethyl adjacent to an activating group) is 1. The molecule has 1 saturated heterocycles.